The Morgan fingerprint density at radius 1 is 0.920 bits per heavy atom. The van der Waals surface area contributed by atoms with Crippen LogP contribution in [0.1, 0.15) is 19.2 Å². The van der Waals surface area contributed by atoms with E-state index < -0.39 is 10.0 Å². The van der Waals surface area contributed by atoms with Crippen LogP contribution in [0.25, 0.3) is 28.1 Å². The van der Waals surface area contributed by atoms with Crippen molar-refractivity contribution in [2.45, 2.75) is 35.7 Å². The van der Waals surface area contributed by atoms with E-state index in [1.165, 1.54) is 16.1 Å². The van der Waals surface area contributed by atoms with Crippen molar-refractivity contribution >= 4 is 44.4 Å². The standard InChI is InChI=1S/C36H35ClN6O5S2/c1-3-17-42-32-15-14-29(50(44,45)41-18-20-47-21-19-41)23-31(32)38-34(42)24-49-36-40-39-35(30-22-25(37)9-16-33(30)46-2)43(36)26-10-12-28(13-11-26)48-27-7-5-4-6-8-27/h4-16,22-23H,3,17-21,24H2,1-2H3. The summed E-state index contributed by atoms with van der Waals surface area (Å²) in [4.78, 5) is 5.18. The number of para-hydroxylation sites is 1. The maximum absolute atomic E-state index is 13.4. The number of nitrogens with zero attached hydrogens (tertiary/aromatic N) is 6. The minimum absolute atomic E-state index is 0.229. The van der Waals surface area contributed by atoms with Crippen LogP contribution >= 0.6 is 23.4 Å². The zero-order chi connectivity index (χ0) is 34.7. The highest BCUT2D eigenvalue weighted by Gasteiger charge is 2.27. The molecule has 14 heteroatoms. The lowest BCUT2D eigenvalue weighted by atomic mass is 10.2. The molecule has 0 spiro atoms. The number of aryl methyl sites for hydroxylation is 1. The molecular formula is C36H35ClN6O5S2. The molecule has 0 bridgehead atoms. The molecule has 1 saturated heterocycles. The molecule has 2 aromatic heterocycles. The first-order valence-electron chi connectivity index (χ1n) is 16.2. The minimum atomic E-state index is -3.67. The van der Waals surface area contributed by atoms with Gasteiger partial charge in [-0.2, -0.15) is 4.31 Å². The van der Waals surface area contributed by atoms with Crippen LogP contribution < -0.4 is 9.47 Å². The first-order valence-corrected chi connectivity index (χ1v) is 19.0. The molecule has 0 radical (unpaired) electrons. The van der Waals surface area contributed by atoms with Gasteiger partial charge in [-0.25, -0.2) is 13.4 Å². The molecule has 0 N–H and O–H groups in total. The van der Waals surface area contributed by atoms with Gasteiger partial charge < -0.3 is 18.8 Å². The second-order valence-corrected chi connectivity index (χ2v) is 14.8. The number of benzene rings is 4. The van der Waals surface area contributed by atoms with E-state index in [2.05, 4.69) is 21.7 Å². The minimum Gasteiger partial charge on any atom is -0.496 e. The van der Waals surface area contributed by atoms with Gasteiger partial charge in [0.25, 0.3) is 0 Å². The molecule has 3 heterocycles. The van der Waals surface area contributed by atoms with Crippen molar-refractivity contribution < 1.29 is 22.6 Å². The number of morpholine rings is 1. The van der Waals surface area contributed by atoms with E-state index in [9.17, 15) is 8.42 Å². The zero-order valence-electron chi connectivity index (χ0n) is 27.5. The van der Waals surface area contributed by atoms with Gasteiger partial charge >= 0.3 is 0 Å². The monoisotopic (exact) mass is 730 g/mol. The SMILES string of the molecule is CCCn1c(CSc2nnc(-c3cc(Cl)ccc3OC)n2-c2ccc(Oc3ccccc3)cc2)nc2cc(S(=O)(=O)N3CCOCC3)ccc21. The summed E-state index contributed by atoms with van der Waals surface area (Å²) in [6.45, 7) is 4.26. The first-order chi connectivity index (χ1) is 24.4. The fourth-order valence-corrected chi connectivity index (χ4v) is 8.38. The Morgan fingerprint density at radius 2 is 1.68 bits per heavy atom. The Bertz CT molecular complexity index is 2220. The lowest BCUT2D eigenvalue weighted by Gasteiger charge is -2.26. The highest BCUT2D eigenvalue weighted by atomic mass is 35.5. The van der Waals surface area contributed by atoms with Gasteiger partial charge in [0.2, 0.25) is 10.0 Å². The topological polar surface area (TPSA) is 114 Å². The van der Waals surface area contributed by atoms with Crippen LogP contribution in [0.2, 0.25) is 5.02 Å². The van der Waals surface area contributed by atoms with Crippen molar-refractivity contribution in [3.8, 4) is 34.3 Å². The van der Waals surface area contributed by atoms with Crippen LogP contribution in [0.3, 0.4) is 0 Å². The molecule has 0 saturated carbocycles. The summed E-state index contributed by atoms with van der Waals surface area (Å²) in [5.41, 5.74) is 3.01. The number of sulfonamides is 1. The van der Waals surface area contributed by atoms with Crippen molar-refractivity contribution in [2.75, 3.05) is 33.4 Å². The van der Waals surface area contributed by atoms with E-state index in [1.807, 2.05) is 71.3 Å². The third-order valence-corrected chi connectivity index (χ3v) is 11.3. The molecule has 7 rings (SSSR count). The summed E-state index contributed by atoms with van der Waals surface area (Å²) in [6.07, 6.45) is 0.878. The van der Waals surface area contributed by atoms with Crippen molar-refractivity contribution in [2.24, 2.45) is 0 Å². The number of methoxy groups -OCH3 is 1. The van der Waals surface area contributed by atoms with Crippen molar-refractivity contribution in [3.05, 3.63) is 102 Å². The fourth-order valence-electron chi connectivity index (χ4n) is 5.88. The predicted molar refractivity (Wildman–Crippen MR) is 194 cm³/mol. The Labute approximate surface area is 299 Å². The van der Waals surface area contributed by atoms with Crippen LogP contribution in [0.15, 0.2) is 101 Å². The summed E-state index contributed by atoms with van der Waals surface area (Å²) >= 11 is 7.93. The molecule has 1 aliphatic heterocycles. The van der Waals surface area contributed by atoms with Gasteiger partial charge in [0.1, 0.15) is 23.1 Å². The number of halogens is 1. The molecule has 1 fully saturated rings. The van der Waals surface area contributed by atoms with Crippen LogP contribution in [-0.2, 0) is 27.1 Å². The fraction of sp³-hybridized carbons (Fsp3) is 0.250. The molecular weight excluding hydrogens is 696 g/mol. The molecule has 258 valence electrons. The molecule has 0 unspecified atom stereocenters. The predicted octanol–water partition coefficient (Wildman–Crippen LogP) is 7.46. The van der Waals surface area contributed by atoms with Gasteiger partial charge in [-0.3, -0.25) is 4.57 Å². The number of imidazole rings is 1. The number of hydrogen-bond acceptors (Lipinski definition) is 9. The molecule has 4 aromatic carbocycles. The number of hydrogen-bond donors (Lipinski definition) is 0. The Hall–Kier alpha value is -4.40. The van der Waals surface area contributed by atoms with Gasteiger partial charge in [0, 0.05) is 24.7 Å². The highest BCUT2D eigenvalue weighted by Crippen LogP contribution is 2.37. The smallest absolute Gasteiger partial charge is 0.243 e. The van der Waals surface area contributed by atoms with E-state index in [4.69, 9.17) is 30.8 Å². The van der Waals surface area contributed by atoms with Crippen LogP contribution in [0, 0.1) is 0 Å². The third-order valence-electron chi connectivity index (χ3n) is 8.29. The number of aromatic nitrogens is 5. The van der Waals surface area contributed by atoms with Gasteiger partial charge in [0.05, 0.1) is 53.3 Å². The summed E-state index contributed by atoms with van der Waals surface area (Å²) in [5.74, 6) is 3.86. The first kappa shape index (κ1) is 34.1. The average Bonchev–Trinajstić information content (AvgIpc) is 3.72. The Balaban J connectivity index is 1.24. The van der Waals surface area contributed by atoms with Gasteiger partial charge in [-0.1, -0.05) is 48.5 Å². The van der Waals surface area contributed by atoms with E-state index >= 15 is 0 Å². The van der Waals surface area contributed by atoms with Crippen LogP contribution in [0.5, 0.6) is 17.2 Å². The quantitative estimate of drug-likeness (QED) is 0.118. The van der Waals surface area contributed by atoms with E-state index in [0.29, 0.717) is 70.6 Å². The van der Waals surface area contributed by atoms with Gasteiger partial charge in [0.15, 0.2) is 11.0 Å². The zero-order valence-corrected chi connectivity index (χ0v) is 29.9. The Morgan fingerprint density at radius 3 is 2.42 bits per heavy atom. The second kappa shape index (κ2) is 14.8. The Kier molecular flexibility index (Phi) is 10.1. The number of ether oxygens (including phenoxy) is 3. The largest absolute Gasteiger partial charge is 0.496 e. The van der Waals surface area contributed by atoms with Gasteiger partial charge in [-0.15, -0.1) is 10.2 Å². The number of fused-ring (bicyclic) bond motifs is 1. The summed E-state index contributed by atoms with van der Waals surface area (Å²) < 4.78 is 49.5. The highest BCUT2D eigenvalue weighted by molar-refractivity contribution is 7.98. The molecule has 6 aromatic rings. The molecule has 0 aliphatic carbocycles. The van der Waals surface area contributed by atoms with E-state index in [1.54, 1.807) is 31.4 Å². The molecule has 11 nitrogen and oxygen atoms in total. The lowest BCUT2D eigenvalue weighted by Crippen LogP contribution is -2.40. The second-order valence-electron chi connectivity index (χ2n) is 11.5. The summed E-state index contributed by atoms with van der Waals surface area (Å²) in [6, 6.07) is 27.9. The molecule has 50 heavy (non-hydrogen) atoms. The average molecular weight is 731 g/mol. The molecule has 0 atom stereocenters. The maximum Gasteiger partial charge on any atom is 0.243 e. The number of rotatable bonds is 12. The van der Waals surface area contributed by atoms with Crippen molar-refractivity contribution in [3.63, 3.8) is 0 Å². The molecule has 0 amide bonds. The number of thioether (sulfide) groups is 1. The normalized spacial score (nSPS) is 13.9. The van der Waals surface area contributed by atoms with E-state index in [-0.39, 0.29) is 4.90 Å². The molecule has 1 aliphatic rings. The summed E-state index contributed by atoms with van der Waals surface area (Å²) in [5, 5.41) is 10.4. The maximum atomic E-state index is 13.4. The third kappa shape index (κ3) is 6.96. The van der Waals surface area contributed by atoms with Crippen molar-refractivity contribution in [1.29, 1.82) is 0 Å². The van der Waals surface area contributed by atoms with Gasteiger partial charge in [-0.05, 0) is 79.2 Å². The van der Waals surface area contributed by atoms with Crippen LogP contribution in [0.4, 0.5) is 0 Å². The van der Waals surface area contributed by atoms with E-state index in [0.717, 1.165) is 35.7 Å². The van der Waals surface area contributed by atoms with Crippen LogP contribution in [-0.4, -0.2) is 70.5 Å². The van der Waals surface area contributed by atoms with Crippen molar-refractivity contribution in [1.82, 2.24) is 28.6 Å². The summed E-state index contributed by atoms with van der Waals surface area (Å²) in [7, 11) is -2.06. The lowest BCUT2D eigenvalue weighted by molar-refractivity contribution is 0.0730.